The van der Waals surface area contributed by atoms with Crippen molar-refractivity contribution in [3.8, 4) is 5.75 Å². The molecule has 0 aromatic heterocycles. The SMILES string of the molecule is Cc1ccccc1OCC(O)COCCOC(=O)NCCCCCCNC(=O)CCO. The second-order valence-electron chi connectivity index (χ2n) is 7.11. The summed E-state index contributed by atoms with van der Waals surface area (Å²) in [7, 11) is 0. The number of hydrogen-bond donors (Lipinski definition) is 4. The third-order valence-corrected chi connectivity index (χ3v) is 4.33. The van der Waals surface area contributed by atoms with Crippen LogP contribution in [0.5, 0.6) is 5.75 Å². The van der Waals surface area contributed by atoms with Crippen LogP contribution < -0.4 is 15.4 Å². The number of unbranched alkanes of at least 4 members (excludes halogenated alkanes) is 3. The highest BCUT2D eigenvalue weighted by Gasteiger charge is 2.07. The fourth-order valence-electron chi connectivity index (χ4n) is 2.63. The molecule has 0 heterocycles. The molecule has 0 fully saturated rings. The third kappa shape index (κ3) is 14.3. The summed E-state index contributed by atoms with van der Waals surface area (Å²) in [6.45, 7) is 3.43. The lowest BCUT2D eigenvalue weighted by molar-refractivity contribution is -0.121. The molecule has 1 aromatic carbocycles. The normalized spacial score (nSPS) is 11.6. The highest BCUT2D eigenvalue weighted by atomic mass is 16.6. The largest absolute Gasteiger partial charge is 0.491 e. The van der Waals surface area contributed by atoms with E-state index in [1.165, 1.54) is 0 Å². The van der Waals surface area contributed by atoms with Gasteiger partial charge in [-0.3, -0.25) is 4.79 Å². The molecule has 9 nitrogen and oxygen atoms in total. The second kappa shape index (κ2) is 17.3. The lowest BCUT2D eigenvalue weighted by Crippen LogP contribution is -2.28. The van der Waals surface area contributed by atoms with Gasteiger partial charge in [0.1, 0.15) is 25.1 Å². The number of aliphatic hydroxyl groups is 2. The molecule has 0 aliphatic carbocycles. The number of ether oxygens (including phenoxy) is 3. The Morgan fingerprint density at radius 1 is 1.00 bits per heavy atom. The van der Waals surface area contributed by atoms with Gasteiger partial charge in [-0.05, 0) is 31.4 Å². The van der Waals surface area contributed by atoms with Crippen LogP contribution in [0.3, 0.4) is 0 Å². The minimum atomic E-state index is -0.767. The zero-order valence-corrected chi connectivity index (χ0v) is 18.3. The van der Waals surface area contributed by atoms with Gasteiger partial charge in [0.05, 0.1) is 19.8 Å². The molecule has 31 heavy (non-hydrogen) atoms. The zero-order valence-electron chi connectivity index (χ0n) is 18.3. The number of carbonyl (C=O) groups is 2. The van der Waals surface area contributed by atoms with E-state index in [0.717, 1.165) is 37.0 Å². The third-order valence-electron chi connectivity index (χ3n) is 4.33. The predicted octanol–water partition coefficient (Wildman–Crippen LogP) is 1.54. The summed E-state index contributed by atoms with van der Waals surface area (Å²) in [5.41, 5.74) is 0.998. The number of aliphatic hydroxyl groups excluding tert-OH is 2. The van der Waals surface area contributed by atoms with Crippen LogP contribution in [-0.4, -0.2) is 74.4 Å². The molecule has 0 saturated heterocycles. The first-order chi connectivity index (χ1) is 15.0. The number of aryl methyl sites for hydroxylation is 1. The summed E-state index contributed by atoms with van der Waals surface area (Å²) >= 11 is 0. The molecule has 0 saturated carbocycles. The number of alkyl carbamates (subject to hydrolysis) is 1. The number of carbonyl (C=O) groups excluding carboxylic acids is 2. The van der Waals surface area contributed by atoms with Crippen LogP contribution in [0.15, 0.2) is 24.3 Å². The van der Waals surface area contributed by atoms with Crippen molar-refractivity contribution >= 4 is 12.0 Å². The van der Waals surface area contributed by atoms with Gasteiger partial charge in [-0.1, -0.05) is 31.0 Å². The van der Waals surface area contributed by atoms with E-state index in [9.17, 15) is 14.7 Å². The summed E-state index contributed by atoms with van der Waals surface area (Å²) in [5, 5.41) is 23.9. The Labute approximate surface area is 184 Å². The summed E-state index contributed by atoms with van der Waals surface area (Å²) < 4.78 is 15.9. The van der Waals surface area contributed by atoms with Gasteiger partial charge in [-0.15, -0.1) is 0 Å². The summed E-state index contributed by atoms with van der Waals surface area (Å²) in [6.07, 6.45) is 2.44. The molecule has 176 valence electrons. The van der Waals surface area contributed by atoms with Crippen molar-refractivity contribution in [1.29, 1.82) is 0 Å². The number of amides is 2. The second-order valence-corrected chi connectivity index (χ2v) is 7.11. The number of hydrogen-bond acceptors (Lipinski definition) is 7. The Kier molecular flexibility index (Phi) is 14.9. The standard InChI is InChI=1S/C22H36N2O7/c1-18-8-4-5-9-20(18)31-17-19(26)16-29-14-15-30-22(28)24-12-7-3-2-6-11-23-21(27)10-13-25/h4-5,8-9,19,25-26H,2-3,6-7,10-17H2,1H3,(H,23,27)(H,24,28). The molecule has 0 radical (unpaired) electrons. The van der Waals surface area contributed by atoms with E-state index in [2.05, 4.69) is 10.6 Å². The van der Waals surface area contributed by atoms with E-state index in [1.807, 2.05) is 31.2 Å². The van der Waals surface area contributed by atoms with Crippen LogP contribution in [0.25, 0.3) is 0 Å². The predicted molar refractivity (Wildman–Crippen MR) is 116 cm³/mol. The van der Waals surface area contributed by atoms with Crippen LogP contribution >= 0.6 is 0 Å². The molecule has 1 unspecified atom stereocenters. The smallest absolute Gasteiger partial charge is 0.407 e. The number of benzene rings is 1. The Morgan fingerprint density at radius 2 is 1.71 bits per heavy atom. The molecule has 1 aromatic rings. The molecule has 1 rings (SSSR count). The van der Waals surface area contributed by atoms with Crippen LogP contribution in [0.4, 0.5) is 4.79 Å². The van der Waals surface area contributed by atoms with Crippen molar-refractivity contribution in [3.05, 3.63) is 29.8 Å². The van der Waals surface area contributed by atoms with Gasteiger partial charge >= 0.3 is 6.09 Å². The van der Waals surface area contributed by atoms with Crippen molar-refractivity contribution in [2.24, 2.45) is 0 Å². The van der Waals surface area contributed by atoms with Crippen molar-refractivity contribution in [2.75, 3.05) is 46.1 Å². The highest BCUT2D eigenvalue weighted by molar-refractivity contribution is 5.75. The maximum absolute atomic E-state index is 11.6. The van der Waals surface area contributed by atoms with Crippen molar-refractivity contribution in [2.45, 2.75) is 45.1 Å². The maximum Gasteiger partial charge on any atom is 0.407 e. The van der Waals surface area contributed by atoms with Gasteiger partial charge in [-0.2, -0.15) is 0 Å². The topological polar surface area (TPSA) is 126 Å². The van der Waals surface area contributed by atoms with E-state index in [-0.39, 0.29) is 45.4 Å². The number of para-hydroxylation sites is 1. The molecular weight excluding hydrogens is 404 g/mol. The van der Waals surface area contributed by atoms with Crippen molar-refractivity contribution in [1.82, 2.24) is 10.6 Å². The van der Waals surface area contributed by atoms with Crippen LogP contribution in [0, 0.1) is 6.92 Å². The van der Waals surface area contributed by atoms with Gasteiger partial charge in [0.2, 0.25) is 5.91 Å². The fraction of sp³-hybridized carbons (Fsp3) is 0.636. The lowest BCUT2D eigenvalue weighted by atomic mass is 10.2. The van der Waals surface area contributed by atoms with E-state index in [0.29, 0.717) is 13.1 Å². The molecule has 2 amide bonds. The average molecular weight is 441 g/mol. The van der Waals surface area contributed by atoms with E-state index in [1.54, 1.807) is 0 Å². The van der Waals surface area contributed by atoms with Gasteiger partial charge in [0.15, 0.2) is 0 Å². The Morgan fingerprint density at radius 3 is 2.42 bits per heavy atom. The highest BCUT2D eigenvalue weighted by Crippen LogP contribution is 2.16. The lowest BCUT2D eigenvalue weighted by Gasteiger charge is -2.14. The van der Waals surface area contributed by atoms with Crippen molar-refractivity contribution < 1.29 is 34.0 Å². The molecule has 0 spiro atoms. The van der Waals surface area contributed by atoms with Crippen LogP contribution in [-0.2, 0) is 14.3 Å². The maximum atomic E-state index is 11.6. The Hall–Kier alpha value is -2.36. The minimum Gasteiger partial charge on any atom is -0.491 e. The first-order valence-corrected chi connectivity index (χ1v) is 10.8. The van der Waals surface area contributed by atoms with E-state index < -0.39 is 12.2 Å². The summed E-state index contributed by atoms with van der Waals surface area (Å²) in [6, 6.07) is 7.57. The first kappa shape index (κ1) is 26.7. The van der Waals surface area contributed by atoms with Gasteiger partial charge in [0.25, 0.3) is 0 Å². The Balaban J connectivity index is 1.90. The summed E-state index contributed by atoms with van der Waals surface area (Å²) in [4.78, 5) is 22.7. The zero-order chi connectivity index (χ0) is 22.7. The van der Waals surface area contributed by atoms with Gasteiger partial charge in [0, 0.05) is 19.5 Å². The molecule has 0 aliphatic rings. The van der Waals surface area contributed by atoms with Crippen LogP contribution in [0.1, 0.15) is 37.7 Å². The molecule has 1 atom stereocenters. The fourth-order valence-corrected chi connectivity index (χ4v) is 2.63. The van der Waals surface area contributed by atoms with Crippen molar-refractivity contribution in [3.63, 3.8) is 0 Å². The monoisotopic (exact) mass is 440 g/mol. The minimum absolute atomic E-state index is 0.0946. The van der Waals surface area contributed by atoms with E-state index >= 15 is 0 Å². The first-order valence-electron chi connectivity index (χ1n) is 10.8. The van der Waals surface area contributed by atoms with Gasteiger partial charge < -0.3 is 35.1 Å². The Bertz CT molecular complexity index is 628. The van der Waals surface area contributed by atoms with E-state index in [4.69, 9.17) is 19.3 Å². The number of nitrogens with one attached hydrogen (secondary N) is 2. The van der Waals surface area contributed by atoms with Gasteiger partial charge in [-0.25, -0.2) is 4.79 Å². The van der Waals surface area contributed by atoms with Crippen LogP contribution in [0.2, 0.25) is 0 Å². The molecule has 9 heteroatoms. The summed E-state index contributed by atoms with van der Waals surface area (Å²) in [5.74, 6) is 0.590. The average Bonchev–Trinajstić information content (AvgIpc) is 2.75. The molecular formula is C22H36N2O7. The molecule has 4 N–H and O–H groups in total. The molecule has 0 aliphatic heterocycles. The number of rotatable bonds is 17. The quantitative estimate of drug-likeness (QED) is 0.271. The molecule has 0 bridgehead atoms.